The Balaban J connectivity index is 2.99. The summed E-state index contributed by atoms with van der Waals surface area (Å²) in [5, 5.41) is 0. The molecule has 0 radical (unpaired) electrons. The topological polar surface area (TPSA) is 35.2 Å². The second kappa shape index (κ2) is 4.70. The van der Waals surface area contributed by atoms with Crippen LogP contribution < -0.4 is 10.5 Å². The van der Waals surface area contributed by atoms with Crippen LogP contribution in [0.2, 0.25) is 0 Å². The smallest absolute Gasteiger partial charge is 0.257 e. The highest BCUT2D eigenvalue weighted by Gasteiger charge is 2.19. The average Bonchev–Trinajstić information content (AvgIpc) is 2.16. The minimum Gasteiger partial charge on any atom is -0.497 e. The van der Waals surface area contributed by atoms with Gasteiger partial charge in [-0.1, -0.05) is 22.0 Å². The Morgan fingerprint density at radius 1 is 1.43 bits per heavy atom. The van der Waals surface area contributed by atoms with Gasteiger partial charge in [0, 0.05) is 4.47 Å². The van der Waals surface area contributed by atoms with Gasteiger partial charge in [0.15, 0.2) is 0 Å². The molecule has 1 aromatic carbocycles. The van der Waals surface area contributed by atoms with Crippen LogP contribution in [0, 0.1) is 0 Å². The van der Waals surface area contributed by atoms with Crippen molar-refractivity contribution in [2.75, 3.05) is 7.11 Å². The number of benzene rings is 1. The first-order valence-corrected chi connectivity index (χ1v) is 4.72. The SMILES string of the molecule is COc1ccc(C(N)C(F)F)c(Br)c1. The van der Waals surface area contributed by atoms with Crippen LogP contribution in [0.3, 0.4) is 0 Å². The maximum atomic E-state index is 12.3. The molecule has 0 fully saturated rings. The monoisotopic (exact) mass is 265 g/mol. The third-order valence-corrected chi connectivity index (χ3v) is 2.52. The van der Waals surface area contributed by atoms with E-state index in [1.165, 1.54) is 13.2 Å². The Labute approximate surface area is 89.2 Å². The van der Waals surface area contributed by atoms with Crippen molar-refractivity contribution in [1.82, 2.24) is 0 Å². The average molecular weight is 266 g/mol. The fraction of sp³-hybridized carbons (Fsp3) is 0.333. The Morgan fingerprint density at radius 2 is 2.07 bits per heavy atom. The summed E-state index contributed by atoms with van der Waals surface area (Å²) in [6.07, 6.45) is -2.57. The molecule has 14 heavy (non-hydrogen) atoms. The predicted molar refractivity (Wildman–Crippen MR) is 53.6 cm³/mol. The normalized spacial score (nSPS) is 13.0. The van der Waals surface area contributed by atoms with E-state index in [0.717, 1.165) is 0 Å². The number of nitrogens with two attached hydrogens (primary N) is 1. The number of rotatable bonds is 3. The molecule has 0 aliphatic rings. The molecule has 0 aliphatic heterocycles. The van der Waals surface area contributed by atoms with Crippen molar-refractivity contribution in [3.63, 3.8) is 0 Å². The maximum Gasteiger partial charge on any atom is 0.257 e. The molecule has 0 saturated carbocycles. The van der Waals surface area contributed by atoms with E-state index in [1.54, 1.807) is 12.1 Å². The fourth-order valence-electron chi connectivity index (χ4n) is 1.04. The van der Waals surface area contributed by atoms with Crippen LogP contribution in [0.4, 0.5) is 8.78 Å². The maximum absolute atomic E-state index is 12.3. The number of hydrogen-bond acceptors (Lipinski definition) is 2. The minimum atomic E-state index is -2.57. The second-order valence-corrected chi connectivity index (χ2v) is 3.60. The highest BCUT2D eigenvalue weighted by molar-refractivity contribution is 9.10. The molecule has 1 unspecified atom stereocenters. The van der Waals surface area contributed by atoms with E-state index < -0.39 is 12.5 Å². The molecule has 0 aromatic heterocycles. The zero-order chi connectivity index (χ0) is 10.7. The standard InChI is InChI=1S/C9H10BrF2NO/c1-14-5-2-3-6(7(10)4-5)8(13)9(11)12/h2-4,8-9H,13H2,1H3. The molecule has 0 spiro atoms. The number of ether oxygens (including phenoxy) is 1. The number of halogens is 3. The lowest BCUT2D eigenvalue weighted by molar-refractivity contribution is 0.116. The van der Waals surface area contributed by atoms with Crippen LogP contribution in [-0.2, 0) is 0 Å². The Kier molecular flexibility index (Phi) is 3.83. The van der Waals surface area contributed by atoms with Gasteiger partial charge in [-0.25, -0.2) is 8.78 Å². The lowest BCUT2D eigenvalue weighted by Gasteiger charge is -2.13. The van der Waals surface area contributed by atoms with Gasteiger partial charge < -0.3 is 10.5 Å². The zero-order valence-electron chi connectivity index (χ0n) is 7.51. The third kappa shape index (κ3) is 2.42. The van der Waals surface area contributed by atoms with E-state index in [-0.39, 0.29) is 0 Å². The van der Waals surface area contributed by atoms with E-state index >= 15 is 0 Å². The van der Waals surface area contributed by atoms with E-state index in [1.807, 2.05) is 0 Å². The largest absolute Gasteiger partial charge is 0.497 e. The zero-order valence-corrected chi connectivity index (χ0v) is 9.09. The van der Waals surface area contributed by atoms with Gasteiger partial charge in [0.2, 0.25) is 0 Å². The molecule has 78 valence electrons. The molecule has 5 heteroatoms. The number of alkyl halides is 2. The third-order valence-electron chi connectivity index (χ3n) is 1.84. The minimum absolute atomic E-state index is 0.376. The molecule has 1 rings (SSSR count). The van der Waals surface area contributed by atoms with Crippen molar-refractivity contribution < 1.29 is 13.5 Å². The quantitative estimate of drug-likeness (QED) is 0.912. The molecule has 1 aromatic rings. The van der Waals surface area contributed by atoms with Gasteiger partial charge in [-0.2, -0.15) is 0 Å². The van der Waals surface area contributed by atoms with E-state index in [9.17, 15) is 8.78 Å². The van der Waals surface area contributed by atoms with Gasteiger partial charge in [-0.3, -0.25) is 0 Å². The van der Waals surface area contributed by atoms with Crippen LogP contribution in [0.25, 0.3) is 0 Å². The van der Waals surface area contributed by atoms with Gasteiger partial charge in [-0.05, 0) is 17.7 Å². The van der Waals surface area contributed by atoms with Gasteiger partial charge in [-0.15, -0.1) is 0 Å². The first-order chi connectivity index (χ1) is 6.56. The lowest BCUT2D eigenvalue weighted by atomic mass is 10.1. The summed E-state index contributed by atoms with van der Waals surface area (Å²) in [6, 6.07) is 3.47. The highest BCUT2D eigenvalue weighted by atomic mass is 79.9. The summed E-state index contributed by atoms with van der Waals surface area (Å²) in [6.45, 7) is 0. The Morgan fingerprint density at radius 3 is 2.50 bits per heavy atom. The molecule has 0 heterocycles. The molecule has 1 atom stereocenters. The molecule has 0 saturated heterocycles. The lowest BCUT2D eigenvalue weighted by Crippen LogP contribution is -2.19. The van der Waals surface area contributed by atoms with Crippen molar-refractivity contribution >= 4 is 15.9 Å². The summed E-state index contributed by atoms with van der Waals surface area (Å²) in [7, 11) is 1.51. The summed E-state index contributed by atoms with van der Waals surface area (Å²) >= 11 is 3.16. The molecule has 0 bridgehead atoms. The van der Waals surface area contributed by atoms with Gasteiger partial charge in [0.25, 0.3) is 6.43 Å². The number of hydrogen-bond donors (Lipinski definition) is 1. The second-order valence-electron chi connectivity index (χ2n) is 2.75. The van der Waals surface area contributed by atoms with Crippen LogP contribution >= 0.6 is 15.9 Å². The molecular formula is C9H10BrF2NO. The first-order valence-electron chi connectivity index (χ1n) is 3.93. The summed E-state index contributed by atoms with van der Waals surface area (Å²) in [5.74, 6) is 0.599. The molecule has 2 nitrogen and oxygen atoms in total. The van der Waals surface area contributed by atoms with Gasteiger partial charge >= 0.3 is 0 Å². The van der Waals surface area contributed by atoms with Crippen molar-refractivity contribution in [2.24, 2.45) is 5.73 Å². The molecule has 2 N–H and O–H groups in total. The fourth-order valence-corrected chi connectivity index (χ4v) is 1.66. The molecular weight excluding hydrogens is 256 g/mol. The van der Waals surface area contributed by atoms with Crippen molar-refractivity contribution in [3.8, 4) is 5.75 Å². The highest BCUT2D eigenvalue weighted by Crippen LogP contribution is 2.29. The van der Waals surface area contributed by atoms with Gasteiger partial charge in [0.05, 0.1) is 13.2 Å². The van der Waals surface area contributed by atoms with Crippen LogP contribution in [0.5, 0.6) is 5.75 Å². The molecule has 0 amide bonds. The van der Waals surface area contributed by atoms with E-state index in [0.29, 0.717) is 15.8 Å². The van der Waals surface area contributed by atoms with Crippen LogP contribution in [0.15, 0.2) is 22.7 Å². The molecule has 0 aliphatic carbocycles. The van der Waals surface area contributed by atoms with Crippen molar-refractivity contribution in [1.29, 1.82) is 0 Å². The summed E-state index contributed by atoms with van der Waals surface area (Å²) < 4.78 is 30.1. The predicted octanol–water partition coefficient (Wildman–Crippen LogP) is 2.72. The summed E-state index contributed by atoms with van der Waals surface area (Å²) in [4.78, 5) is 0. The number of methoxy groups -OCH3 is 1. The van der Waals surface area contributed by atoms with Crippen LogP contribution in [0.1, 0.15) is 11.6 Å². The van der Waals surface area contributed by atoms with E-state index in [4.69, 9.17) is 10.5 Å². The van der Waals surface area contributed by atoms with E-state index in [2.05, 4.69) is 15.9 Å². The van der Waals surface area contributed by atoms with Crippen molar-refractivity contribution in [2.45, 2.75) is 12.5 Å². The van der Waals surface area contributed by atoms with Crippen LogP contribution in [-0.4, -0.2) is 13.5 Å². The Bertz CT molecular complexity index is 320. The first kappa shape index (κ1) is 11.4. The van der Waals surface area contributed by atoms with Crippen molar-refractivity contribution in [3.05, 3.63) is 28.2 Å². The Hall–Kier alpha value is -0.680. The summed E-state index contributed by atoms with van der Waals surface area (Å²) in [5.41, 5.74) is 5.69. The van der Waals surface area contributed by atoms with Gasteiger partial charge in [0.1, 0.15) is 5.75 Å².